The lowest BCUT2D eigenvalue weighted by Crippen LogP contribution is -2.29. The minimum atomic E-state index is -1.07. The molecule has 0 fully saturated rings. The minimum Gasteiger partial charge on any atom is -0.497 e. The van der Waals surface area contributed by atoms with Crippen molar-refractivity contribution in [3.8, 4) is 11.5 Å². The maximum absolute atomic E-state index is 11.5. The number of benzene rings is 1. The Morgan fingerprint density at radius 1 is 1.38 bits per heavy atom. The van der Waals surface area contributed by atoms with E-state index in [1.54, 1.807) is 18.2 Å². The van der Waals surface area contributed by atoms with Crippen LogP contribution in [0.15, 0.2) is 24.3 Å². The molecule has 114 valence electrons. The number of amides is 1. The molecule has 0 spiro atoms. The fraction of sp³-hybridized carbons (Fsp3) is 0.333. The molecule has 6 nitrogen and oxygen atoms in total. The van der Waals surface area contributed by atoms with Crippen LogP contribution in [0.1, 0.15) is 18.9 Å². The summed E-state index contributed by atoms with van der Waals surface area (Å²) in [5, 5.41) is 11.4. The normalized spacial score (nSPS) is 10.4. The Morgan fingerprint density at radius 3 is 2.76 bits per heavy atom. The number of carbonyl (C=O) groups excluding carboxylic acids is 1. The first-order valence-electron chi connectivity index (χ1n) is 6.55. The van der Waals surface area contributed by atoms with Gasteiger partial charge in [0, 0.05) is 18.2 Å². The number of carbonyl (C=O) groups is 2. The highest BCUT2D eigenvalue weighted by molar-refractivity contribution is 5.86. The largest absolute Gasteiger partial charge is 0.497 e. The van der Waals surface area contributed by atoms with E-state index in [1.807, 2.05) is 6.92 Å². The van der Waals surface area contributed by atoms with E-state index in [1.165, 1.54) is 13.2 Å². The van der Waals surface area contributed by atoms with Crippen LogP contribution < -0.4 is 14.8 Å². The molecule has 6 heteroatoms. The molecule has 1 aromatic carbocycles. The van der Waals surface area contributed by atoms with Crippen LogP contribution >= 0.6 is 0 Å². The van der Waals surface area contributed by atoms with E-state index >= 15 is 0 Å². The number of carboxylic acid groups (broad SMARTS) is 1. The number of nitrogens with one attached hydrogen (secondary N) is 1. The lowest BCUT2D eigenvalue weighted by atomic mass is 10.1. The number of aliphatic carboxylic acids is 1. The average Bonchev–Trinajstić information content (AvgIpc) is 2.48. The Bertz CT molecular complexity index is 525. The molecule has 0 radical (unpaired) electrons. The van der Waals surface area contributed by atoms with Gasteiger partial charge in [0.2, 0.25) is 0 Å². The van der Waals surface area contributed by atoms with Crippen molar-refractivity contribution in [2.24, 2.45) is 0 Å². The van der Waals surface area contributed by atoms with Gasteiger partial charge >= 0.3 is 5.97 Å². The van der Waals surface area contributed by atoms with Crippen LogP contribution in [0.2, 0.25) is 0 Å². The predicted octanol–water partition coefficient (Wildman–Crippen LogP) is 1.70. The zero-order chi connectivity index (χ0) is 15.7. The number of carboxylic acids is 1. The number of methoxy groups -OCH3 is 1. The molecule has 0 aliphatic rings. The zero-order valence-electron chi connectivity index (χ0n) is 12.1. The van der Waals surface area contributed by atoms with E-state index in [4.69, 9.17) is 14.6 Å². The highest BCUT2D eigenvalue weighted by atomic mass is 16.5. The smallest absolute Gasteiger partial charge is 0.328 e. The standard InChI is InChI=1S/C15H19NO5/c1-3-8-16-14(17)10-21-13-6-5-12(20-2)9-11(13)4-7-15(18)19/h4-7,9H,3,8,10H2,1-2H3,(H,16,17)(H,18,19)/b7-4+. The fourth-order valence-electron chi connectivity index (χ4n) is 1.54. The first kappa shape index (κ1) is 16.6. The Hall–Kier alpha value is -2.50. The first-order valence-corrected chi connectivity index (χ1v) is 6.55. The molecule has 21 heavy (non-hydrogen) atoms. The van der Waals surface area contributed by atoms with Gasteiger partial charge in [-0.1, -0.05) is 6.92 Å². The van der Waals surface area contributed by atoms with Gasteiger partial charge in [-0.05, 0) is 30.7 Å². The third-order valence-electron chi connectivity index (χ3n) is 2.55. The third-order valence-corrected chi connectivity index (χ3v) is 2.55. The SMILES string of the molecule is CCCNC(=O)COc1ccc(OC)cc1/C=C/C(=O)O. The lowest BCUT2D eigenvalue weighted by Gasteiger charge is -2.10. The van der Waals surface area contributed by atoms with E-state index in [0.29, 0.717) is 23.6 Å². The second-order valence-corrected chi connectivity index (χ2v) is 4.21. The van der Waals surface area contributed by atoms with Crippen molar-refractivity contribution in [1.82, 2.24) is 5.32 Å². The Balaban J connectivity index is 2.80. The summed E-state index contributed by atoms with van der Waals surface area (Å²) in [4.78, 5) is 22.1. The van der Waals surface area contributed by atoms with Crippen molar-refractivity contribution >= 4 is 18.0 Å². The maximum atomic E-state index is 11.5. The van der Waals surface area contributed by atoms with E-state index in [0.717, 1.165) is 12.5 Å². The Labute approximate surface area is 123 Å². The molecule has 0 aliphatic carbocycles. The summed E-state index contributed by atoms with van der Waals surface area (Å²) in [6.45, 7) is 2.43. The van der Waals surface area contributed by atoms with Gasteiger partial charge in [0.25, 0.3) is 5.91 Å². The van der Waals surface area contributed by atoms with Crippen LogP contribution in [0.5, 0.6) is 11.5 Å². The van der Waals surface area contributed by atoms with Gasteiger partial charge in [-0.25, -0.2) is 4.79 Å². The number of rotatable bonds is 8. The Kier molecular flexibility index (Phi) is 6.80. The topological polar surface area (TPSA) is 84.9 Å². The van der Waals surface area contributed by atoms with E-state index in [2.05, 4.69) is 5.32 Å². The van der Waals surface area contributed by atoms with Crippen molar-refractivity contribution in [3.63, 3.8) is 0 Å². The quantitative estimate of drug-likeness (QED) is 0.713. The maximum Gasteiger partial charge on any atom is 0.328 e. The van der Waals surface area contributed by atoms with Crippen LogP contribution in [-0.2, 0) is 9.59 Å². The van der Waals surface area contributed by atoms with Gasteiger partial charge in [0.1, 0.15) is 11.5 Å². The van der Waals surface area contributed by atoms with Crippen LogP contribution in [-0.4, -0.2) is 37.2 Å². The van der Waals surface area contributed by atoms with Crippen molar-refractivity contribution in [2.45, 2.75) is 13.3 Å². The average molecular weight is 293 g/mol. The molecule has 0 heterocycles. The molecular weight excluding hydrogens is 274 g/mol. The summed E-state index contributed by atoms with van der Waals surface area (Å²) >= 11 is 0. The second kappa shape index (κ2) is 8.63. The monoisotopic (exact) mass is 293 g/mol. The van der Waals surface area contributed by atoms with Gasteiger partial charge in [-0.2, -0.15) is 0 Å². The first-order chi connectivity index (χ1) is 10.1. The van der Waals surface area contributed by atoms with Crippen LogP contribution in [0.25, 0.3) is 6.08 Å². The zero-order valence-corrected chi connectivity index (χ0v) is 12.1. The van der Waals surface area contributed by atoms with Gasteiger partial charge < -0.3 is 19.9 Å². The predicted molar refractivity (Wildman–Crippen MR) is 78.5 cm³/mol. The van der Waals surface area contributed by atoms with Crippen molar-refractivity contribution in [2.75, 3.05) is 20.3 Å². The molecule has 0 saturated heterocycles. The van der Waals surface area contributed by atoms with Gasteiger partial charge in [-0.3, -0.25) is 4.79 Å². The van der Waals surface area contributed by atoms with Gasteiger partial charge in [-0.15, -0.1) is 0 Å². The summed E-state index contributed by atoms with van der Waals surface area (Å²) in [7, 11) is 1.51. The molecule has 0 unspecified atom stereocenters. The molecule has 0 aromatic heterocycles. The summed E-state index contributed by atoms with van der Waals surface area (Å²) in [5.41, 5.74) is 0.528. The third kappa shape index (κ3) is 5.99. The molecule has 0 atom stereocenters. The van der Waals surface area contributed by atoms with Crippen molar-refractivity contribution in [1.29, 1.82) is 0 Å². The molecule has 0 aliphatic heterocycles. The number of ether oxygens (including phenoxy) is 2. The van der Waals surface area contributed by atoms with E-state index in [9.17, 15) is 9.59 Å². The van der Waals surface area contributed by atoms with Crippen LogP contribution in [0.4, 0.5) is 0 Å². The highest BCUT2D eigenvalue weighted by Crippen LogP contribution is 2.25. The Morgan fingerprint density at radius 2 is 2.14 bits per heavy atom. The fourth-order valence-corrected chi connectivity index (χ4v) is 1.54. The molecule has 1 amide bonds. The number of hydrogen-bond acceptors (Lipinski definition) is 4. The van der Waals surface area contributed by atoms with Crippen LogP contribution in [0.3, 0.4) is 0 Å². The second-order valence-electron chi connectivity index (χ2n) is 4.21. The lowest BCUT2D eigenvalue weighted by molar-refractivity contribution is -0.131. The molecule has 1 rings (SSSR count). The molecule has 2 N–H and O–H groups in total. The molecule has 0 saturated carbocycles. The minimum absolute atomic E-state index is 0.125. The van der Waals surface area contributed by atoms with E-state index in [-0.39, 0.29) is 12.5 Å². The van der Waals surface area contributed by atoms with Crippen molar-refractivity contribution in [3.05, 3.63) is 29.8 Å². The highest BCUT2D eigenvalue weighted by Gasteiger charge is 2.07. The van der Waals surface area contributed by atoms with Gasteiger partial charge in [0.05, 0.1) is 7.11 Å². The number of hydrogen-bond donors (Lipinski definition) is 2. The summed E-state index contributed by atoms with van der Waals surface area (Å²) in [5.74, 6) is -0.298. The summed E-state index contributed by atoms with van der Waals surface area (Å²) in [6.07, 6.45) is 3.24. The van der Waals surface area contributed by atoms with E-state index < -0.39 is 5.97 Å². The van der Waals surface area contributed by atoms with Crippen molar-refractivity contribution < 1.29 is 24.2 Å². The summed E-state index contributed by atoms with van der Waals surface area (Å²) in [6, 6.07) is 4.95. The van der Waals surface area contributed by atoms with Gasteiger partial charge in [0.15, 0.2) is 6.61 Å². The summed E-state index contributed by atoms with van der Waals surface area (Å²) < 4.78 is 10.5. The molecular formula is C15H19NO5. The molecule has 0 bridgehead atoms. The van der Waals surface area contributed by atoms with Crippen LogP contribution in [0, 0.1) is 0 Å². The molecule has 1 aromatic rings.